The quantitative estimate of drug-likeness (QED) is 0.450. The van der Waals surface area contributed by atoms with Gasteiger partial charge in [0.2, 0.25) is 0 Å². The van der Waals surface area contributed by atoms with E-state index in [-0.39, 0.29) is 0 Å². The smallest absolute Gasteiger partial charge is 0.162 e. The SMILES string of the molecule is C=CCSc1ncnc2c1cnn2CC=C. The standard InChI is InChI=1S/C11H12N4S/c1-3-5-15-10-9(7-14-15)11(13-8-12-10)16-6-4-2/h3-4,7-8H,1-2,5-6H2. The van der Waals surface area contributed by atoms with Gasteiger partial charge in [0.25, 0.3) is 0 Å². The summed E-state index contributed by atoms with van der Waals surface area (Å²) in [6.45, 7) is 8.04. The fourth-order valence-electron chi connectivity index (χ4n) is 1.38. The molecule has 0 fully saturated rings. The molecule has 2 heterocycles. The molecule has 2 aromatic heterocycles. The third-order valence-corrected chi connectivity index (χ3v) is 3.04. The van der Waals surface area contributed by atoms with Gasteiger partial charge >= 0.3 is 0 Å². The number of rotatable bonds is 5. The lowest BCUT2D eigenvalue weighted by Crippen LogP contribution is -1.98. The average Bonchev–Trinajstić information content (AvgIpc) is 2.71. The molecule has 0 radical (unpaired) electrons. The van der Waals surface area contributed by atoms with E-state index in [1.165, 1.54) is 0 Å². The van der Waals surface area contributed by atoms with Crippen LogP contribution < -0.4 is 0 Å². The van der Waals surface area contributed by atoms with Crippen molar-refractivity contribution in [2.75, 3.05) is 5.75 Å². The number of thioether (sulfide) groups is 1. The molecular formula is C11H12N4S. The second kappa shape index (κ2) is 4.94. The minimum absolute atomic E-state index is 0.659. The zero-order valence-corrected chi connectivity index (χ0v) is 9.65. The van der Waals surface area contributed by atoms with Crippen LogP contribution in [-0.2, 0) is 6.54 Å². The van der Waals surface area contributed by atoms with Crippen LogP contribution in [-0.4, -0.2) is 25.5 Å². The summed E-state index contributed by atoms with van der Waals surface area (Å²) in [6, 6.07) is 0. The third kappa shape index (κ3) is 1.99. The molecule has 0 atom stereocenters. The van der Waals surface area contributed by atoms with Crippen LogP contribution >= 0.6 is 11.8 Å². The molecule has 0 aliphatic rings. The fourth-order valence-corrected chi connectivity index (χ4v) is 2.08. The van der Waals surface area contributed by atoms with Crippen LogP contribution in [0.4, 0.5) is 0 Å². The number of nitrogens with zero attached hydrogens (tertiary/aromatic N) is 4. The molecule has 2 rings (SSSR count). The minimum atomic E-state index is 0.659. The average molecular weight is 232 g/mol. The highest BCUT2D eigenvalue weighted by atomic mass is 32.2. The highest BCUT2D eigenvalue weighted by Gasteiger charge is 2.08. The summed E-state index contributed by atoms with van der Waals surface area (Å²) in [4.78, 5) is 8.47. The van der Waals surface area contributed by atoms with Crippen molar-refractivity contribution in [1.29, 1.82) is 0 Å². The van der Waals surface area contributed by atoms with Gasteiger partial charge in [-0.2, -0.15) is 5.10 Å². The van der Waals surface area contributed by atoms with E-state index >= 15 is 0 Å². The van der Waals surface area contributed by atoms with Crippen LogP contribution in [0.15, 0.2) is 42.9 Å². The lowest BCUT2D eigenvalue weighted by atomic mass is 10.4. The minimum Gasteiger partial charge on any atom is -0.243 e. The Labute approximate surface area is 98.1 Å². The molecule has 0 saturated heterocycles. The van der Waals surface area contributed by atoms with Gasteiger partial charge in [0.15, 0.2) is 5.65 Å². The molecule has 0 bridgehead atoms. The van der Waals surface area contributed by atoms with Crippen LogP contribution in [0.1, 0.15) is 0 Å². The van der Waals surface area contributed by atoms with Crippen molar-refractivity contribution in [2.45, 2.75) is 11.6 Å². The first-order valence-electron chi connectivity index (χ1n) is 4.88. The summed E-state index contributed by atoms with van der Waals surface area (Å²) >= 11 is 1.63. The topological polar surface area (TPSA) is 43.6 Å². The lowest BCUT2D eigenvalue weighted by Gasteiger charge is -2.00. The van der Waals surface area contributed by atoms with E-state index in [1.54, 1.807) is 30.4 Å². The zero-order valence-electron chi connectivity index (χ0n) is 8.83. The molecule has 0 amide bonds. The summed E-state index contributed by atoms with van der Waals surface area (Å²) < 4.78 is 1.81. The van der Waals surface area contributed by atoms with Gasteiger partial charge in [-0.25, -0.2) is 14.6 Å². The Kier molecular flexibility index (Phi) is 3.36. The van der Waals surface area contributed by atoms with E-state index in [0.29, 0.717) is 6.54 Å². The summed E-state index contributed by atoms with van der Waals surface area (Å²) in [5.74, 6) is 0.832. The van der Waals surface area contributed by atoms with Crippen LogP contribution in [0.3, 0.4) is 0 Å². The van der Waals surface area contributed by atoms with Gasteiger partial charge < -0.3 is 0 Å². The molecule has 5 heteroatoms. The van der Waals surface area contributed by atoms with Crippen LogP contribution in [0, 0.1) is 0 Å². The Bertz CT molecular complexity index is 518. The Hall–Kier alpha value is -1.62. The molecule has 0 N–H and O–H groups in total. The van der Waals surface area contributed by atoms with Gasteiger partial charge in [-0.05, 0) is 0 Å². The Morgan fingerprint density at radius 3 is 2.94 bits per heavy atom. The predicted octanol–water partition coefficient (Wildman–Crippen LogP) is 2.29. The second-order valence-electron chi connectivity index (χ2n) is 3.13. The molecule has 0 spiro atoms. The molecule has 0 aromatic carbocycles. The van der Waals surface area contributed by atoms with Crippen LogP contribution in [0.5, 0.6) is 0 Å². The summed E-state index contributed by atoms with van der Waals surface area (Å²) in [6.07, 6.45) is 7.01. The van der Waals surface area contributed by atoms with Crippen molar-refractivity contribution in [3.05, 3.63) is 37.8 Å². The summed E-state index contributed by atoms with van der Waals surface area (Å²) in [5, 5.41) is 6.18. The molecule has 16 heavy (non-hydrogen) atoms. The third-order valence-electron chi connectivity index (χ3n) is 2.04. The summed E-state index contributed by atoms with van der Waals surface area (Å²) in [7, 11) is 0. The molecule has 2 aromatic rings. The normalized spacial score (nSPS) is 10.5. The van der Waals surface area contributed by atoms with Gasteiger partial charge in [0.05, 0.1) is 18.1 Å². The van der Waals surface area contributed by atoms with Crippen molar-refractivity contribution >= 4 is 22.8 Å². The zero-order chi connectivity index (χ0) is 11.4. The lowest BCUT2D eigenvalue weighted by molar-refractivity contribution is 0.719. The van der Waals surface area contributed by atoms with Gasteiger partial charge in [0.1, 0.15) is 11.4 Å². The van der Waals surface area contributed by atoms with Crippen LogP contribution in [0.2, 0.25) is 0 Å². The maximum atomic E-state index is 4.26. The largest absolute Gasteiger partial charge is 0.243 e. The fraction of sp³-hybridized carbons (Fsp3) is 0.182. The molecule has 0 saturated carbocycles. The maximum Gasteiger partial charge on any atom is 0.162 e. The molecule has 0 unspecified atom stereocenters. The molecule has 4 nitrogen and oxygen atoms in total. The highest BCUT2D eigenvalue weighted by Crippen LogP contribution is 2.23. The number of hydrogen-bond acceptors (Lipinski definition) is 4. The molecule has 0 aliphatic heterocycles. The number of hydrogen-bond donors (Lipinski definition) is 0. The highest BCUT2D eigenvalue weighted by molar-refractivity contribution is 7.99. The van der Waals surface area contributed by atoms with E-state index < -0.39 is 0 Å². The first kappa shape index (κ1) is 10.9. The van der Waals surface area contributed by atoms with E-state index in [1.807, 2.05) is 10.8 Å². The van der Waals surface area contributed by atoms with E-state index in [4.69, 9.17) is 0 Å². The Balaban J connectivity index is 2.44. The number of aromatic nitrogens is 4. The van der Waals surface area contributed by atoms with Crippen molar-refractivity contribution < 1.29 is 0 Å². The van der Waals surface area contributed by atoms with Gasteiger partial charge in [-0.3, -0.25) is 0 Å². The van der Waals surface area contributed by atoms with Crippen molar-refractivity contribution in [1.82, 2.24) is 19.7 Å². The predicted molar refractivity (Wildman–Crippen MR) is 66.4 cm³/mol. The molecular weight excluding hydrogens is 220 g/mol. The van der Waals surface area contributed by atoms with E-state index in [9.17, 15) is 0 Å². The van der Waals surface area contributed by atoms with Gasteiger partial charge in [-0.15, -0.1) is 24.9 Å². The van der Waals surface area contributed by atoms with E-state index in [0.717, 1.165) is 21.8 Å². The number of allylic oxidation sites excluding steroid dienone is 1. The monoisotopic (exact) mass is 232 g/mol. The van der Waals surface area contributed by atoms with Crippen molar-refractivity contribution in [3.8, 4) is 0 Å². The van der Waals surface area contributed by atoms with Crippen molar-refractivity contribution in [2.24, 2.45) is 0 Å². The van der Waals surface area contributed by atoms with Gasteiger partial charge in [0, 0.05) is 5.75 Å². The Morgan fingerprint density at radius 1 is 1.31 bits per heavy atom. The van der Waals surface area contributed by atoms with Crippen molar-refractivity contribution in [3.63, 3.8) is 0 Å². The maximum absolute atomic E-state index is 4.26. The molecule has 0 aliphatic carbocycles. The summed E-state index contributed by atoms with van der Waals surface area (Å²) in [5.41, 5.74) is 0.849. The van der Waals surface area contributed by atoms with E-state index in [2.05, 4.69) is 28.2 Å². The second-order valence-corrected chi connectivity index (χ2v) is 4.14. The molecule has 82 valence electrons. The number of fused-ring (bicyclic) bond motifs is 1. The first-order chi connectivity index (χ1) is 7.86. The van der Waals surface area contributed by atoms with Crippen LogP contribution in [0.25, 0.3) is 11.0 Å². The Morgan fingerprint density at radius 2 is 2.19 bits per heavy atom. The first-order valence-corrected chi connectivity index (χ1v) is 5.86. The van der Waals surface area contributed by atoms with Gasteiger partial charge in [-0.1, -0.05) is 12.2 Å².